The molecule has 3 heterocycles. The van der Waals surface area contributed by atoms with Gasteiger partial charge in [0.25, 0.3) is 5.91 Å². The molecule has 2 N–H and O–H groups in total. The van der Waals surface area contributed by atoms with Gasteiger partial charge in [0, 0.05) is 32.3 Å². The topological polar surface area (TPSA) is 67.7 Å². The Hall–Kier alpha value is -1.92. The number of pyridine rings is 1. The largest absolute Gasteiger partial charge is 0.371 e. The van der Waals surface area contributed by atoms with Gasteiger partial charge in [0.05, 0.1) is 6.20 Å². The van der Waals surface area contributed by atoms with Crippen LogP contribution in [0.1, 0.15) is 5.56 Å². The highest BCUT2D eigenvalue weighted by Crippen LogP contribution is 2.18. The maximum absolute atomic E-state index is 12.3. The van der Waals surface area contributed by atoms with E-state index in [2.05, 4.69) is 15.6 Å². The molecule has 0 saturated carbocycles. The number of anilines is 1. The van der Waals surface area contributed by atoms with Crippen molar-refractivity contribution in [3.63, 3.8) is 0 Å². The summed E-state index contributed by atoms with van der Waals surface area (Å²) >= 11 is 0. The van der Waals surface area contributed by atoms with Crippen molar-refractivity contribution in [2.24, 2.45) is 5.92 Å². The number of rotatable bonds is 4. The van der Waals surface area contributed by atoms with E-state index in [1.807, 2.05) is 29.7 Å². The molecule has 2 aromatic heterocycles. The molecular weight excluding hydrogens is 256 g/mol. The van der Waals surface area contributed by atoms with Gasteiger partial charge in [0.1, 0.15) is 17.6 Å². The number of hydrogen-bond acceptors (Lipinski definition) is 4. The number of ether oxygens (including phenoxy) is 1. The van der Waals surface area contributed by atoms with Crippen LogP contribution < -0.4 is 10.6 Å². The van der Waals surface area contributed by atoms with Crippen LogP contribution in [0.4, 0.5) is 5.82 Å². The van der Waals surface area contributed by atoms with Crippen LogP contribution in [0, 0.1) is 12.8 Å². The summed E-state index contributed by atoms with van der Waals surface area (Å²) in [7, 11) is 1.57. The van der Waals surface area contributed by atoms with E-state index in [1.54, 1.807) is 13.3 Å². The molecule has 0 spiro atoms. The fourth-order valence-electron chi connectivity index (χ4n) is 2.48. The fourth-order valence-corrected chi connectivity index (χ4v) is 2.48. The number of methoxy groups -OCH3 is 1. The first-order valence-corrected chi connectivity index (χ1v) is 6.67. The Morgan fingerprint density at radius 1 is 1.60 bits per heavy atom. The number of carbonyl (C=O) groups excluding carboxylic acids is 1. The highest BCUT2D eigenvalue weighted by molar-refractivity contribution is 5.94. The first kappa shape index (κ1) is 13.1. The monoisotopic (exact) mass is 274 g/mol. The number of fused-ring (bicyclic) bond motifs is 1. The summed E-state index contributed by atoms with van der Waals surface area (Å²) in [6.07, 6.45) is 3.13. The minimum Gasteiger partial charge on any atom is -0.371 e. The fraction of sp³-hybridized carbons (Fsp3) is 0.429. The van der Waals surface area contributed by atoms with Gasteiger partial charge in [-0.2, -0.15) is 0 Å². The first-order valence-electron chi connectivity index (χ1n) is 6.67. The molecule has 1 amide bonds. The van der Waals surface area contributed by atoms with Crippen molar-refractivity contribution in [2.75, 3.05) is 25.5 Å². The highest BCUT2D eigenvalue weighted by atomic mass is 16.5. The number of hydrogen-bond donors (Lipinski definition) is 2. The first-order chi connectivity index (χ1) is 9.70. The van der Waals surface area contributed by atoms with Gasteiger partial charge < -0.3 is 15.4 Å². The van der Waals surface area contributed by atoms with Crippen molar-refractivity contribution in [3.05, 3.63) is 30.1 Å². The van der Waals surface area contributed by atoms with Crippen molar-refractivity contribution in [1.29, 1.82) is 0 Å². The summed E-state index contributed by atoms with van der Waals surface area (Å²) in [6, 6.07) is 3.93. The molecular formula is C14H18N4O2. The third-order valence-corrected chi connectivity index (χ3v) is 3.74. The maximum Gasteiger partial charge on any atom is 0.255 e. The Bertz CT molecular complexity index is 633. The van der Waals surface area contributed by atoms with E-state index >= 15 is 0 Å². The molecule has 1 aliphatic heterocycles. The minimum absolute atomic E-state index is 0.123. The molecule has 1 saturated heterocycles. The number of amides is 1. The second kappa shape index (κ2) is 5.22. The van der Waals surface area contributed by atoms with Crippen molar-refractivity contribution in [2.45, 2.75) is 13.0 Å². The van der Waals surface area contributed by atoms with Gasteiger partial charge in [-0.05, 0) is 18.6 Å². The van der Waals surface area contributed by atoms with Crippen molar-refractivity contribution < 1.29 is 9.53 Å². The molecule has 106 valence electrons. The molecule has 6 nitrogen and oxygen atoms in total. The molecule has 0 radical (unpaired) electrons. The molecule has 6 heteroatoms. The molecule has 2 aromatic rings. The van der Waals surface area contributed by atoms with Crippen LogP contribution in [0.2, 0.25) is 0 Å². The van der Waals surface area contributed by atoms with Gasteiger partial charge in [-0.25, -0.2) is 4.98 Å². The van der Waals surface area contributed by atoms with Crippen molar-refractivity contribution in [3.8, 4) is 0 Å². The van der Waals surface area contributed by atoms with E-state index in [1.165, 1.54) is 0 Å². The van der Waals surface area contributed by atoms with E-state index in [9.17, 15) is 4.79 Å². The molecule has 1 atom stereocenters. The lowest BCUT2D eigenvalue weighted by molar-refractivity contribution is -0.130. The van der Waals surface area contributed by atoms with Gasteiger partial charge in [-0.15, -0.1) is 0 Å². The van der Waals surface area contributed by atoms with Crippen LogP contribution in [-0.2, 0) is 9.53 Å². The van der Waals surface area contributed by atoms with E-state index in [-0.39, 0.29) is 11.8 Å². The molecule has 1 unspecified atom stereocenters. The van der Waals surface area contributed by atoms with Gasteiger partial charge in [0.2, 0.25) is 0 Å². The Morgan fingerprint density at radius 2 is 2.40 bits per heavy atom. The average molecular weight is 274 g/mol. The molecule has 0 aliphatic carbocycles. The smallest absolute Gasteiger partial charge is 0.255 e. The molecule has 1 aliphatic rings. The van der Waals surface area contributed by atoms with Crippen molar-refractivity contribution >= 4 is 17.4 Å². The molecule has 20 heavy (non-hydrogen) atoms. The van der Waals surface area contributed by atoms with Crippen LogP contribution in [0.15, 0.2) is 24.5 Å². The summed E-state index contributed by atoms with van der Waals surface area (Å²) < 4.78 is 7.19. The zero-order valence-electron chi connectivity index (χ0n) is 11.6. The van der Waals surface area contributed by atoms with E-state index in [0.29, 0.717) is 5.82 Å². The Morgan fingerprint density at radius 3 is 3.05 bits per heavy atom. The Labute approximate surface area is 117 Å². The van der Waals surface area contributed by atoms with Crippen LogP contribution in [0.5, 0.6) is 0 Å². The quantitative estimate of drug-likeness (QED) is 0.866. The zero-order valence-corrected chi connectivity index (χ0v) is 11.6. The van der Waals surface area contributed by atoms with Gasteiger partial charge in [-0.1, -0.05) is 6.07 Å². The van der Waals surface area contributed by atoms with E-state index in [0.717, 1.165) is 24.3 Å². The summed E-state index contributed by atoms with van der Waals surface area (Å²) in [6.45, 7) is 3.63. The summed E-state index contributed by atoms with van der Waals surface area (Å²) in [5.41, 5.74) is 1.92. The standard InChI is InChI=1S/C14H18N4O2/c1-9-4-3-5-18-11(8-16-13(9)18)17-14(19)12(20-2)10-6-15-7-10/h3-5,8,10,12,15H,6-7H2,1-2H3,(H,17,19). The summed E-state index contributed by atoms with van der Waals surface area (Å²) in [5.74, 6) is 0.784. The molecule has 1 fully saturated rings. The maximum atomic E-state index is 12.3. The van der Waals surface area contributed by atoms with Gasteiger partial charge in [0.15, 0.2) is 0 Å². The van der Waals surface area contributed by atoms with Crippen LogP contribution in [0.3, 0.4) is 0 Å². The lowest BCUT2D eigenvalue weighted by Gasteiger charge is -2.32. The number of carbonyl (C=O) groups is 1. The predicted octanol–water partition coefficient (Wildman–Crippen LogP) is 0.816. The summed E-state index contributed by atoms with van der Waals surface area (Å²) in [4.78, 5) is 16.6. The van der Waals surface area contributed by atoms with Gasteiger partial charge >= 0.3 is 0 Å². The third-order valence-electron chi connectivity index (χ3n) is 3.74. The molecule has 3 rings (SSSR count). The Kier molecular flexibility index (Phi) is 3.42. The number of aryl methyl sites for hydroxylation is 1. The van der Waals surface area contributed by atoms with Crippen molar-refractivity contribution in [1.82, 2.24) is 14.7 Å². The van der Waals surface area contributed by atoms with Gasteiger partial charge in [-0.3, -0.25) is 9.20 Å². The van der Waals surface area contributed by atoms with Crippen LogP contribution in [-0.4, -0.2) is 41.6 Å². The average Bonchev–Trinajstić information content (AvgIpc) is 2.78. The van der Waals surface area contributed by atoms with E-state index in [4.69, 9.17) is 4.74 Å². The Balaban J connectivity index is 1.82. The van der Waals surface area contributed by atoms with Crippen LogP contribution in [0.25, 0.3) is 5.65 Å². The molecule has 0 aromatic carbocycles. The predicted molar refractivity (Wildman–Crippen MR) is 75.7 cm³/mol. The SMILES string of the molecule is COC(C(=O)Nc1cnc2c(C)cccn12)C1CNC1. The second-order valence-corrected chi connectivity index (χ2v) is 5.09. The zero-order chi connectivity index (χ0) is 14.1. The lowest BCUT2D eigenvalue weighted by Crippen LogP contribution is -2.53. The summed E-state index contributed by atoms with van der Waals surface area (Å²) in [5, 5.41) is 6.05. The normalized spacial score (nSPS) is 16.9. The molecule has 0 bridgehead atoms. The minimum atomic E-state index is -0.424. The number of nitrogens with one attached hydrogen (secondary N) is 2. The number of aromatic nitrogens is 2. The highest BCUT2D eigenvalue weighted by Gasteiger charge is 2.32. The van der Waals surface area contributed by atoms with Crippen LogP contribution >= 0.6 is 0 Å². The number of imidazole rings is 1. The lowest BCUT2D eigenvalue weighted by atomic mass is 9.95. The second-order valence-electron chi connectivity index (χ2n) is 5.09. The third kappa shape index (κ3) is 2.17. The van der Waals surface area contributed by atoms with E-state index < -0.39 is 6.10 Å². The number of nitrogens with zero attached hydrogens (tertiary/aromatic N) is 2.